The van der Waals surface area contributed by atoms with Crippen LogP contribution in [0.25, 0.3) is 27.4 Å². The average Bonchev–Trinajstić information content (AvgIpc) is 3.22. The molecule has 0 saturated carbocycles. The Morgan fingerprint density at radius 3 is 2.91 bits per heavy atom. The van der Waals surface area contributed by atoms with Gasteiger partial charge in [-0.1, -0.05) is 0 Å². The van der Waals surface area contributed by atoms with E-state index in [1.165, 1.54) is 18.4 Å². The highest BCUT2D eigenvalue weighted by Crippen LogP contribution is 2.32. The smallest absolute Gasteiger partial charge is 0.348 e. The number of methoxy groups -OCH3 is 1. The second-order valence-electron chi connectivity index (χ2n) is 5.02. The van der Waals surface area contributed by atoms with E-state index >= 15 is 0 Å². The van der Waals surface area contributed by atoms with Crippen molar-refractivity contribution in [2.45, 2.75) is 6.92 Å². The summed E-state index contributed by atoms with van der Waals surface area (Å²) in [5.41, 5.74) is 2.27. The van der Waals surface area contributed by atoms with Gasteiger partial charge in [-0.05, 0) is 18.6 Å². The van der Waals surface area contributed by atoms with Crippen molar-refractivity contribution < 1.29 is 9.53 Å². The number of hydrogen-bond donors (Lipinski definition) is 0. The minimum atomic E-state index is -0.366. The zero-order valence-corrected chi connectivity index (χ0v) is 13.5. The quantitative estimate of drug-likeness (QED) is 0.522. The van der Waals surface area contributed by atoms with E-state index in [-0.39, 0.29) is 5.97 Å². The number of fused-ring (bicyclic) bond motifs is 3. The molecule has 0 amide bonds. The van der Waals surface area contributed by atoms with E-state index in [9.17, 15) is 4.79 Å². The fourth-order valence-electron chi connectivity index (χ4n) is 2.52. The zero-order chi connectivity index (χ0) is 16.1. The third kappa shape index (κ3) is 1.93. The number of aryl methyl sites for hydroxylation is 2. The van der Waals surface area contributed by atoms with Crippen LogP contribution in [0.5, 0.6) is 0 Å². The van der Waals surface area contributed by atoms with Crippen molar-refractivity contribution in [2.24, 2.45) is 7.05 Å². The van der Waals surface area contributed by atoms with Gasteiger partial charge in [-0.3, -0.25) is 4.68 Å². The summed E-state index contributed by atoms with van der Waals surface area (Å²) >= 11 is 1.30. The van der Waals surface area contributed by atoms with Crippen LogP contribution in [0.3, 0.4) is 0 Å². The maximum absolute atomic E-state index is 11.9. The van der Waals surface area contributed by atoms with Crippen LogP contribution in [0.2, 0.25) is 0 Å². The Kier molecular flexibility index (Phi) is 2.91. The Hall–Kier alpha value is -2.81. The lowest BCUT2D eigenvalue weighted by Gasteiger charge is -1.96. The normalized spacial score (nSPS) is 11.4. The summed E-state index contributed by atoms with van der Waals surface area (Å²) in [6.07, 6.45) is 3.29. The van der Waals surface area contributed by atoms with Crippen molar-refractivity contribution in [1.29, 1.82) is 0 Å². The maximum atomic E-state index is 11.9. The van der Waals surface area contributed by atoms with Gasteiger partial charge in [-0.2, -0.15) is 5.10 Å². The number of esters is 1. The number of rotatable bonds is 2. The van der Waals surface area contributed by atoms with Crippen molar-refractivity contribution in [2.75, 3.05) is 7.11 Å². The summed E-state index contributed by atoms with van der Waals surface area (Å²) in [6, 6.07) is 1.85. The minimum Gasteiger partial charge on any atom is -0.465 e. The van der Waals surface area contributed by atoms with E-state index in [2.05, 4.69) is 20.2 Å². The number of ether oxygens (including phenoxy) is 1. The monoisotopic (exact) mass is 328 g/mol. The van der Waals surface area contributed by atoms with E-state index in [1.54, 1.807) is 21.7 Å². The molecule has 23 heavy (non-hydrogen) atoms. The summed E-state index contributed by atoms with van der Waals surface area (Å²) in [4.78, 5) is 22.1. The maximum Gasteiger partial charge on any atom is 0.348 e. The van der Waals surface area contributed by atoms with E-state index in [0.29, 0.717) is 16.3 Å². The first kappa shape index (κ1) is 13.8. The van der Waals surface area contributed by atoms with E-state index in [0.717, 1.165) is 21.5 Å². The van der Waals surface area contributed by atoms with Gasteiger partial charge in [0.2, 0.25) is 0 Å². The van der Waals surface area contributed by atoms with Gasteiger partial charge >= 0.3 is 5.97 Å². The fourth-order valence-corrected chi connectivity index (χ4v) is 3.58. The first-order valence-corrected chi connectivity index (χ1v) is 7.63. The summed E-state index contributed by atoms with van der Waals surface area (Å²) in [6.45, 7) is 1.87. The second-order valence-corrected chi connectivity index (χ2v) is 6.02. The standard InChI is InChI=1S/C14H12N6O2S/c1-7-9-12-17-11(8-4-5-16-19(8)2)18-20(12)6-15-13(9)23-10(7)14(21)22-3/h4-6H,1-3H3. The van der Waals surface area contributed by atoms with Crippen LogP contribution in [0.15, 0.2) is 18.6 Å². The van der Waals surface area contributed by atoms with E-state index in [4.69, 9.17) is 4.74 Å². The van der Waals surface area contributed by atoms with Crippen LogP contribution in [0, 0.1) is 6.92 Å². The summed E-state index contributed by atoms with van der Waals surface area (Å²) < 4.78 is 8.15. The third-order valence-corrected chi connectivity index (χ3v) is 4.87. The van der Waals surface area contributed by atoms with E-state index < -0.39 is 0 Å². The molecule has 0 aliphatic heterocycles. The lowest BCUT2D eigenvalue weighted by Crippen LogP contribution is -1.99. The Bertz CT molecular complexity index is 1060. The van der Waals surface area contributed by atoms with Gasteiger partial charge in [-0.15, -0.1) is 16.4 Å². The predicted molar refractivity (Wildman–Crippen MR) is 84.4 cm³/mol. The molecule has 0 spiro atoms. The molecule has 9 heteroatoms. The highest BCUT2D eigenvalue weighted by Gasteiger charge is 2.21. The van der Waals surface area contributed by atoms with Crippen molar-refractivity contribution in [3.63, 3.8) is 0 Å². The van der Waals surface area contributed by atoms with Crippen molar-refractivity contribution in [3.8, 4) is 11.5 Å². The van der Waals surface area contributed by atoms with E-state index in [1.807, 2.05) is 20.0 Å². The van der Waals surface area contributed by atoms with Gasteiger partial charge in [0.15, 0.2) is 11.5 Å². The summed E-state index contributed by atoms with van der Waals surface area (Å²) in [5, 5.41) is 9.40. The minimum absolute atomic E-state index is 0.366. The molecule has 0 bridgehead atoms. The van der Waals surface area contributed by atoms with Gasteiger partial charge in [0.1, 0.15) is 21.7 Å². The number of carbonyl (C=O) groups excluding carboxylic acids is 1. The Morgan fingerprint density at radius 1 is 1.39 bits per heavy atom. The first-order chi connectivity index (χ1) is 11.1. The molecule has 0 saturated heterocycles. The van der Waals surface area contributed by atoms with Crippen LogP contribution < -0.4 is 0 Å². The molecule has 4 aromatic heterocycles. The SMILES string of the molecule is COC(=O)c1sc2ncn3nc(-c4ccnn4C)nc3c2c1C. The summed E-state index contributed by atoms with van der Waals surface area (Å²) in [7, 11) is 3.20. The lowest BCUT2D eigenvalue weighted by molar-refractivity contribution is 0.0605. The highest BCUT2D eigenvalue weighted by atomic mass is 32.1. The molecule has 0 N–H and O–H groups in total. The highest BCUT2D eigenvalue weighted by molar-refractivity contribution is 7.20. The lowest BCUT2D eigenvalue weighted by atomic mass is 10.2. The van der Waals surface area contributed by atoms with Gasteiger partial charge in [0.05, 0.1) is 12.5 Å². The molecular weight excluding hydrogens is 316 g/mol. The molecule has 4 aromatic rings. The topological polar surface area (TPSA) is 87.2 Å². The Labute approximate surface area is 134 Å². The molecule has 0 fully saturated rings. The Balaban J connectivity index is 2.01. The molecule has 0 atom stereocenters. The van der Waals surface area contributed by atoms with Gasteiger partial charge in [-0.25, -0.2) is 19.3 Å². The number of hydrogen-bond acceptors (Lipinski definition) is 7. The molecule has 116 valence electrons. The Morgan fingerprint density at radius 2 is 2.22 bits per heavy atom. The number of aromatic nitrogens is 6. The zero-order valence-electron chi connectivity index (χ0n) is 12.6. The molecule has 0 unspecified atom stereocenters. The molecular formula is C14H12N6O2S. The van der Waals surface area contributed by atoms with Crippen LogP contribution in [-0.2, 0) is 11.8 Å². The van der Waals surface area contributed by atoms with Gasteiger partial charge in [0, 0.05) is 13.2 Å². The van der Waals surface area contributed by atoms with Gasteiger partial charge < -0.3 is 4.74 Å². The van der Waals surface area contributed by atoms with Crippen molar-refractivity contribution in [1.82, 2.24) is 29.4 Å². The average molecular weight is 328 g/mol. The van der Waals surface area contributed by atoms with Crippen molar-refractivity contribution in [3.05, 3.63) is 29.0 Å². The fraction of sp³-hybridized carbons (Fsp3) is 0.214. The van der Waals surface area contributed by atoms with Crippen LogP contribution in [-0.4, -0.2) is 42.4 Å². The van der Waals surface area contributed by atoms with Crippen molar-refractivity contribution >= 4 is 33.2 Å². The molecule has 4 rings (SSSR count). The predicted octanol–water partition coefficient (Wildman–Crippen LogP) is 1.83. The first-order valence-electron chi connectivity index (χ1n) is 6.81. The second kappa shape index (κ2) is 4.85. The van der Waals surface area contributed by atoms with Gasteiger partial charge in [0.25, 0.3) is 0 Å². The van der Waals surface area contributed by atoms with Crippen LogP contribution in [0.1, 0.15) is 15.2 Å². The molecule has 8 nitrogen and oxygen atoms in total. The summed E-state index contributed by atoms with van der Waals surface area (Å²) in [5.74, 6) is 0.194. The third-order valence-electron chi connectivity index (χ3n) is 3.69. The largest absolute Gasteiger partial charge is 0.465 e. The van der Waals surface area contributed by atoms with Crippen LogP contribution >= 0.6 is 11.3 Å². The van der Waals surface area contributed by atoms with Crippen LogP contribution in [0.4, 0.5) is 0 Å². The molecule has 0 aliphatic rings. The number of thiophene rings is 1. The molecule has 0 radical (unpaired) electrons. The molecule has 0 aromatic carbocycles. The number of carbonyl (C=O) groups is 1. The number of nitrogens with zero attached hydrogens (tertiary/aromatic N) is 6. The molecule has 0 aliphatic carbocycles. The molecule has 4 heterocycles.